The molecule has 3 aromatic rings. The average Bonchev–Trinajstić information content (AvgIpc) is 2.72. The zero-order valence-corrected chi connectivity index (χ0v) is 14.2. The second kappa shape index (κ2) is 8.19. The van der Waals surface area contributed by atoms with Gasteiger partial charge in [-0.3, -0.25) is 9.78 Å². The Morgan fingerprint density at radius 3 is 2.41 bits per heavy atom. The second-order valence-corrected chi connectivity index (χ2v) is 5.84. The fourth-order valence-corrected chi connectivity index (χ4v) is 2.63. The first-order valence-corrected chi connectivity index (χ1v) is 8.18. The van der Waals surface area contributed by atoms with Gasteiger partial charge >= 0.3 is 0 Å². The summed E-state index contributed by atoms with van der Waals surface area (Å²) < 4.78 is 27.1. The highest BCUT2D eigenvalue weighted by molar-refractivity contribution is 5.94. The van der Waals surface area contributed by atoms with Gasteiger partial charge in [0, 0.05) is 11.8 Å². The minimum absolute atomic E-state index is 0.0625. The Kier molecular flexibility index (Phi) is 5.53. The molecule has 0 saturated carbocycles. The molecule has 6 heteroatoms. The van der Waals surface area contributed by atoms with Gasteiger partial charge in [-0.25, -0.2) is 8.78 Å². The number of amides is 1. The van der Waals surface area contributed by atoms with E-state index in [-0.39, 0.29) is 5.69 Å². The Hall–Kier alpha value is -3.59. The van der Waals surface area contributed by atoms with Crippen molar-refractivity contribution in [2.24, 2.45) is 0 Å². The predicted molar refractivity (Wildman–Crippen MR) is 95.9 cm³/mol. The van der Waals surface area contributed by atoms with Crippen LogP contribution in [-0.2, 0) is 6.67 Å². The average molecular weight is 363 g/mol. The van der Waals surface area contributed by atoms with Gasteiger partial charge in [0.1, 0.15) is 18.2 Å². The van der Waals surface area contributed by atoms with Crippen LogP contribution in [0.15, 0.2) is 66.9 Å². The smallest absolute Gasteiger partial charge is 0.252 e. The van der Waals surface area contributed by atoms with Gasteiger partial charge in [-0.15, -0.1) is 0 Å². The standard InChI is InChI=1S/C21H15F2N3O/c22-12-14-3-7-16(8-4-14)19(20-18(23)2-1-11-25-20)26-21(27)17-9-5-15(13-24)6-10-17/h1-11,19H,12H2,(H,26,27)/t19-/m0/s1. The Bertz CT molecular complexity index is 980. The zero-order valence-electron chi connectivity index (χ0n) is 14.2. The molecule has 1 aromatic heterocycles. The number of rotatable bonds is 5. The Labute approximate surface area is 155 Å². The molecule has 0 bridgehead atoms. The highest BCUT2D eigenvalue weighted by Gasteiger charge is 2.22. The number of nitriles is 1. The molecule has 0 saturated heterocycles. The first kappa shape index (κ1) is 18.2. The number of carbonyl (C=O) groups is 1. The summed E-state index contributed by atoms with van der Waals surface area (Å²) in [5.74, 6) is -0.999. The number of hydrogen-bond acceptors (Lipinski definition) is 3. The van der Waals surface area contributed by atoms with Crippen LogP contribution < -0.4 is 5.32 Å². The third-order valence-electron chi connectivity index (χ3n) is 4.08. The summed E-state index contributed by atoms with van der Waals surface area (Å²) in [5, 5.41) is 11.6. The molecule has 3 rings (SSSR count). The van der Waals surface area contributed by atoms with E-state index in [0.717, 1.165) is 0 Å². The minimum atomic E-state index is -0.844. The van der Waals surface area contributed by atoms with Crippen LogP contribution >= 0.6 is 0 Å². The van der Waals surface area contributed by atoms with E-state index in [1.807, 2.05) is 6.07 Å². The second-order valence-electron chi connectivity index (χ2n) is 5.84. The number of alkyl halides is 1. The third-order valence-corrected chi connectivity index (χ3v) is 4.08. The molecular weight excluding hydrogens is 348 g/mol. The number of benzene rings is 2. The maximum atomic E-state index is 14.3. The molecule has 0 spiro atoms. The molecular formula is C21H15F2N3O. The van der Waals surface area contributed by atoms with Gasteiger partial charge in [-0.05, 0) is 47.5 Å². The SMILES string of the molecule is N#Cc1ccc(C(=O)N[C@@H](c2ccc(CF)cc2)c2ncccc2F)cc1. The Balaban J connectivity index is 1.95. The van der Waals surface area contributed by atoms with Crippen molar-refractivity contribution in [3.05, 3.63) is 101 Å². The van der Waals surface area contributed by atoms with E-state index >= 15 is 0 Å². The van der Waals surface area contributed by atoms with Crippen molar-refractivity contribution in [3.8, 4) is 6.07 Å². The number of carbonyl (C=O) groups excluding carboxylic acids is 1. The van der Waals surface area contributed by atoms with Gasteiger partial charge in [0.2, 0.25) is 0 Å². The number of nitrogens with zero attached hydrogens (tertiary/aromatic N) is 2. The lowest BCUT2D eigenvalue weighted by Gasteiger charge is -2.19. The summed E-state index contributed by atoms with van der Waals surface area (Å²) >= 11 is 0. The third kappa shape index (κ3) is 4.15. The minimum Gasteiger partial charge on any atom is -0.339 e. The quantitative estimate of drug-likeness (QED) is 0.743. The first-order chi connectivity index (χ1) is 13.1. The summed E-state index contributed by atoms with van der Waals surface area (Å²) in [7, 11) is 0. The molecule has 0 aliphatic carbocycles. The van der Waals surface area contributed by atoms with Gasteiger partial charge in [-0.2, -0.15) is 5.26 Å². The molecule has 1 atom stereocenters. The Morgan fingerprint density at radius 2 is 1.81 bits per heavy atom. The molecule has 1 heterocycles. The van der Waals surface area contributed by atoms with E-state index in [2.05, 4.69) is 10.3 Å². The molecule has 134 valence electrons. The number of halogens is 2. The van der Waals surface area contributed by atoms with Crippen molar-refractivity contribution in [2.45, 2.75) is 12.7 Å². The molecule has 4 nitrogen and oxygen atoms in total. The monoisotopic (exact) mass is 363 g/mol. The highest BCUT2D eigenvalue weighted by atomic mass is 19.1. The van der Waals surface area contributed by atoms with E-state index in [4.69, 9.17) is 5.26 Å². The molecule has 1 amide bonds. The van der Waals surface area contributed by atoms with E-state index in [0.29, 0.717) is 22.3 Å². The van der Waals surface area contributed by atoms with Crippen molar-refractivity contribution >= 4 is 5.91 Å². The van der Waals surface area contributed by atoms with Crippen molar-refractivity contribution in [2.75, 3.05) is 0 Å². The fourth-order valence-electron chi connectivity index (χ4n) is 2.63. The summed E-state index contributed by atoms with van der Waals surface area (Å²) in [6, 6.07) is 16.4. The lowest BCUT2D eigenvalue weighted by atomic mass is 10.0. The van der Waals surface area contributed by atoms with Gasteiger partial charge < -0.3 is 5.32 Å². The van der Waals surface area contributed by atoms with Crippen molar-refractivity contribution < 1.29 is 13.6 Å². The number of nitrogens with one attached hydrogen (secondary N) is 1. The molecule has 0 unspecified atom stereocenters. The van der Waals surface area contributed by atoms with Crippen molar-refractivity contribution in [1.82, 2.24) is 10.3 Å². The van der Waals surface area contributed by atoms with Crippen LogP contribution in [0.1, 0.15) is 38.8 Å². The van der Waals surface area contributed by atoms with Crippen LogP contribution in [0.5, 0.6) is 0 Å². The van der Waals surface area contributed by atoms with Crippen molar-refractivity contribution in [3.63, 3.8) is 0 Å². The van der Waals surface area contributed by atoms with Gasteiger partial charge in [0.05, 0.1) is 17.7 Å². The van der Waals surface area contributed by atoms with Crippen LogP contribution in [-0.4, -0.2) is 10.9 Å². The van der Waals surface area contributed by atoms with E-state index < -0.39 is 24.4 Å². The lowest BCUT2D eigenvalue weighted by Crippen LogP contribution is -2.30. The maximum absolute atomic E-state index is 14.3. The first-order valence-electron chi connectivity index (χ1n) is 8.18. The van der Waals surface area contributed by atoms with Gasteiger partial charge in [0.25, 0.3) is 5.91 Å². The van der Waals surface area contributed by atoms with Crippen LogP contribution in [0.2, 0.25) is 0 Å². The van der Waals surface area contributed by atoms with Crippen LogP contribution in [0, 0.1) is 17.1 Å². The lowest BCUT2D eigenvalue weighted by molar-refractivity contribution is 0.0941. The van der Waals surface area contributed by atoms with E-state index in [9.17, 15) is 13.6 Å². The molecule has 0 radical (unpaired) electrons. The van der Waals surface area contributed by atoms with Crippen LogP contribution in [0.4, 0.5) is 8.78 Å². The van der Waals surface area contributed by atoms with E-state index in [1.165, 1.54) is 42.6 Å². The summed E-state index contributed by atoms with van der Waals surface area (Å²) in [4.78, 5) is 16.7. The largest absolute Gasteiger partial charge is 0.339 e. The summed E-state index contributed by atoms with van der Waals surface area (Å²) in [5.41, 5.74) is 1.88. The normalized spacial score (nSPS) is 11.4. The zero-order chi connectivity index (χ0) is 19.2. The molecule has 2 aromatic carbocycles. The van der Waals surface area contributed by atoms with Crippen LogP contribution in [0.25, 0.3) is 0 Å². The predicted octanol–water partition coefficient (Wildman–Crippen LogP) is 4.08. The molecule has 0 fully saturated rings. The van der Waals surface area contributed by atoms with E-state index in [1.54, 1.807) is 24.3 Å². The number of hydrogen-bond donors (Lipinski definition) is 1. The topological polar surface area (TPSA) is 65.8 Å². The molecule has 27 heavy (non-hydrogen) atoms. The highest BCUT2D eigenvalue weighted by Crippen LogP contribution is 2.24. The van der Waals surface area contributed by atoms with Gasteiger partial charge in [-0.1, -0.05) is 24.3 Å². The van der Waals surface area contributed by atoms with Crippen molar-refractivity contribution in [1.29, 1.82) is 5.26 Å². The number of pyridine rings is 1. The van der Waals surface area contributed by atoms with Crippen LogP contribution in [0.3, 0.4) is 0 Å². The maximum Gasteiger partial charge on any atom is 0.252 e. The summed E-state index contributed by atoms with van der Waals surface area (Å²) in [6.07, 6.45) is 1.44. The molecule has 1 N–H and O–H groups in total. The number of aromatic nitrogens is 1. The molecule has 0 aliphatic heterocycles. The Morgan fingerprint density at radius 1 is 1.11 bits per heavy atom. The summed E-state index contributed by atoms with van der Waals surface area (Å²) in [6.45, 7) is -0.611. The fraction of sp³-hybridized carbons (Fsp3) is 0.0952. The van der Waals surface area contributed by atoms with Gasteiger partial charge in [0.15, 0.2) is 0 Å². The molecule has 0 aliphatic rings.